The van der Waals surface area contributed by atoms with E-state index in [4.69, 9.17) is 4.74 Å². The summed E-state index contributed by atoms with van der Waals surface area (Å²) >= 11 is 0. The van der Waals surface area contributed by atoms with Crippen LogP contribution in [-0.4, -0.2) is 66.6 Å². The molecule has 3 aliphatic heterocycles. The van der Waals surface area contributed by atoms with Crippen LogP contribution >= 0.6 is 0 Å². The third kappa shape index (κ3) is 2.65. The van der Waals surface area contributed by atoms with E-state index in [1.165, 1.54) is 6.07 Å². The standard InChI is InChI=1S/C22H26FN3O2/c1-14-16(10-15-4-3-5-18(23)20(15)24-14)21(27)26-13-22(6-8-25(2)9-7-22)17-11-28-12-19(17)26/h3-5,10,17,19H,6-9,11-13H2,1-2H3/t17-,19+/m0/s1. The molecule has 28 heavy (non-hydrogen) atoms. The maximum absolute atomic E-state index is 14.1. The predicted molar refractivity (Wildman–Crippen MR) is 105 cm³/mol. The van der Waals surface area contributed by atoms with E-state index in [-0.39, 0.29) is 23.2 Å². The van der Waals surface area contributed by atoms with Crippen LogP contribution in [0.3, 0.4) is 0 Å². The Labute approximate surface area is 164 Å². The minimum Gasteiger partial charge on any atom is -0.379 e. The van der Waals surface area contributed by atoms with Gasteiger partial charge in [0.05, 0.1) is 30.5 Å². The first kappa shape index (κ1) is 18.0. The van der Waals surface area contributed by atoms with Crippen LogP contribution in [0.25, 0.3) is 10.9 Å². The maximum Gasteiger partial charge on any atom is 0.256 e. The van der Waals surface area contributed by atoms with Crippen molar-refractivity contribution in [3.63, 3.8) is 0 Å². The number of benzene rings is 1. The van der Waals surface area contributed by atoms with Crippen molar-refractivity contribution in [2.45, 2.75) is 25.8 Å². The first-order valence-electron chi connectivity index (χ1n) is 10.1. The number of hydrogen-bond acceptors (Lipinski definition) is 4. The van der Waals surface area contributed by atoms with E-state index < -0.39 is 0 Å². The number of ether oxygens (including phenoxy) is 1. The monoisotopic (exact) mass is 383 g/mol. The molecule has 2 atom stereocenters. The Morgan fingerprint density at radius 1 is 1.29 bits per heavy atom. The maximum atomic E-state index is 14.1. The number of carbonyl (C=O) groups is 1. The van der Waals surface area contributed by atoms with Crippen molar-refractivity contribution in [3.8, 4) is 0 Å². The number of halogens is 1. The van der Waals surface area contributed by atoms with Gasteiger partial charge in [0, 0.05) is 17.8 Å². The fraction of sp³-hybridized carbons (Fsp3) is 0.545. The van der Waals surface area contributed by atoms with Crippen molar-refractivity contribution in [2.75, 3.05) is 39.9 Å². The van der Waals surface area contributed by atoms with Gasteiger partial charge in [0.2, 0.25) is 0 Å². The SMILES string of the molecule is Cc1nc2c(F)cccc2cc1C(=O)N1CC2(CCN(C)CC2)[C@H]2COC[C@H]21. The number of aromatic nitrogens is 1. The highest BCUT2D eigenvalue weighted by Gasteiger charge is 2.56. The summed E-state index contributed by atoms with van der Waals surface area (Å²) in [6, 6.07) is 6.81. The summed E-state index contributed by atoms with van der Waals surface area (Å²) in [5.41, 5.74) is 1.65. The fourth-order valence-electron chi connectivity index (χ4n) is 5.45. The molecule has 1 aromatic heterocycles. The number of aryl methyl sites for hydroxylation is 1. The number of hydrogen-bond donors (Lipinski definition) is 0. The van der Waals surface area contributed by atoms with Gasteiger partial charge in [0.1, 0.15) is 11.3 Å². The minimum atomic E-state index is -0.352. The number of carbonyl (C=O) groups excluding carboxylic acids is 1. The molecule has 3 saturated heterocycles. The van der Waals surface area contributed by atoms with Gasteiger partial charge >= 0.3 is 0 Å². The molecule has 0 unspecified atom stereocenters. The van der Waals surface area contributed by atoms with Crippen LogP contribution in [-0.2, 0) is 4.74 Å². The summed E-state index contributed by atoms with van der Waals surface area (Å²) in [6.45, 7) is 6.09. The molecule has 1 spiro atoms. The lowest BCUT2D eigenvalue weighted by Gasteiger charge is -2.40. The number of nitrogens with zero attached hydrogens (tertiary/aromatic N) is 3. The van der Waals surface area contributed by atoms with Gasteiger partial charge in [0.25, 0.3) is 5.91 Å². The fourth-order valence-corrected chi connectivity index (χ4v) is 5.45. The average Bonchev–Trinajstić information content (AvgIpc) is 3.27. The van der Waals surface area contributed by atoms with E-state index in [1.54, 1.807) is 19.1 Å². The van der Waals surface area contributed by atoms with Crippen LogP contribution in [0.2, 0.25) is 0 Å². The van der Waals surface area contributed by atoms with Gasteiger partial charge in [-0.05, 0) is 57.5 Å². The molecule has 148 valence electrons. The normalized spacial score (nSPS) is 26.9. The van der Waals surface area contributed by atoms with Crippen molar-refractivity contribution < 1.29 is 13.9 Å². The zero-order valence-corrected chi connectivity index (χ0v) is 16.4. The molecule has 1 amide bonds. The number of fused-ring (bicyclic) bond motifs is 3. The van der Waals surface area contributed by atoms with Crippen LogP contribution in [0.5, 0.6) is 0 Å². The molecule has 1 aromatic carbocycles. The Morgan fingerprint density at radius 2 is 2.07 bits per heavy atom. The summed E-state index contributed by atoms with van der Waals surface area (Å²) in [6.07, 6.45) is 2.22. The Hall–Kier alpha value is -2.05. The molecule has 5 nitrogen and oxygen atoms in total. The largest absolute Gasteiger partial charge is 0.379 e. The van der Waals surface area contributed by atoms with E-state index in [1.807, 2.05) is 11.0 Å². The van der Waals surface area contributed by atoms with E-state index >= 15 is 0 Å². The topological polar surface area (TPSA) is 45.7 Å². The van der Waals surface area contributed by atoms with Crippen molar-refractivity contribution in [2.24, 2.45) is 11.3 Å². The van der Waals surface area contributed by atoms with Crippen LogP contribution in [0.4, 0.5) is 4.39 Å². The molecular weight excluding hydrogens is 357 g/mol. The molecule has 4 heterocycles. The molecule has 0 radical (unpaired) electrons. The first-order chi connectivity index (χ1) is 13.5. The second kappa shape index (κ2) is 6.49. The molecule has 0 bridgehead atoms. The first-order valence-corrected chi connectivity index (χ1v) is 10.1. The van der Waals surface area contributed by atoms with Gasteiger partial charge in [-0.25, -0.2) is 9.37 Å². The van der Waals surface area contributed by atoms with Crippen molar-refractivity contribution in [1.29, 1.82) is 0 Å². The minimum absolute atomic E-state index is 0.00691. The van der Waals surface area contributed by atoms with Gasteiger partial charge in [0.15, 0.2) is 0 Å². The number of likely N-dealkylation sites (tertiary alicyclic amines) is 2. The van der Waals surface area contributed by atoms with Crippen LogP contribution in [0, 0.1) is 24.1 Å². The van der Waals surface area contributed by atoms with E-state index in [2.05, 4.69) is 16.9 Å². The van der Waals surface area contributed by atoms with Crippen molar-refractivity contribution in [1.82, 2.24) is 14.8 Å². The summed E-state index contributed by atoms with van der Waals surface area (Å²) in [4.78, 5) is 22.4. The summed E-state index contributed by atoms with van der Waals surface area (Å²) in [7, 11) is 2.16. The van der Waals surface area contributed by atoms with E-state index in [0.717, 1.165) is 39.1 Å². The van der Waals surface area contributed by atoms with Crippen LogP contribution in [0.1, 0.15) is 28.9 Å². The Morgan fingerprint density at radius 3 is 2.86 bits per heavy atom. The molecular formula is C22H26FN3O2. The van der Waals surface area contributed by atoms with E-state index in [9.17, 15) is 9.18 Å². The van der Waals surface area contributed by atoms with Gasteiger partial charge in [-0.15, -0.1) is 0 Å². The van der Waals surface area contributed by atoms with Gasteiger partial charge in [-0.2, -0.15) is 0 Å². The molecule has 0 N–H and O–H groups in total. The van der Waals surface area contributed by atoms with Crippen molar-refractivity contribution >= 4 is 16.8 Å². The second-order valence-corrected chi connectivity index (χ2v) is 8.74. The zero-order valence-electron chi connectivity index (χ0n) is 16.4. The smallest absolute Gasteiger partial charge is 0.256 e. The van der Waals surface area contributed by atoms with Gasteiger partial charge < -0.3 is 14.5 Å². The lowest BCUT2D eigenvalue weighted by atomic mass is 9.70. The van der Waals surface area contributed by atoms with E-state index in [0.29, 0.717) is 34.7 Å². The molecule has 5 rings (SSSR count). The number of pyridine rings is 1. The molecule has 6 heteroatoms. The molecule has 3 fully saturated rings. The Kier molecular flexibility index (Phi) is 4.18. The summed E-state index contributed by atoms with van der Waals surface area (Å²) < 4.78 is 19.9. The summed E-state index contributed by atoms with van der Waals surface area (Å²) in [5, 5.41) is 0.668. The number of rotatable bonds is 1. The van der Waals surface area contributed by atoms with Gasteiger partial charge in [-0.3, -0.25) is 4.79 Å². The molecule has 0 saturated carbocycles. The highest BCUT2D eigenvalue weighted by atomic mass is 19.1. The Bertz CT molecular complexity index is 939. The number of para-hydroxylation sites is 1. The lowest BCUT2D eigenvalue weighted by molar-refractivity contribution is 0.0498. The third-order valence-electron chi connectivity index (χ3n) is 7.18. The number of amides is 1. The highest BCUT2D eigenvalue weighted by Crippen LogP contribution is 2.50. The highest BCUT2D eigenvalue weighted by molar-refractivity contribution is 5.99. The second-order valence-electron chi connectivity index (χ2n) is 8.74. The van der Waals surface area contributed by atoms with Crippen LogP contribution in [0.15, 0.2) is 24.3 Å². The van der Waals surface area contributed by atoms with Crippen LogP contribution < -0.4 is 0 Å². The Balaban J connectivity index is 1.50. The van der Waals surface area contributed by atoms with Crippen molar-refractivity contribution in [3.05, 3.63) is 41.3 Å². The zero-order chi connectivity index (χ0) is 19.5. The van der Waals surface area contributed by atoms with Gasteiger partial charge in [-0.1, -0.05) is 12.1 Å². The lowest BCUT2D eigenvalue weighted by Crippen LogP contribution is -2.43. The quantitative estimate of drug-likeness (QED) is 0.760. The third-order valence-corrected chi connectivity index (χ3v) is 7.18. The predicted octanol–water partition coefficient (Wildman–Crippen LogP) is 2.87. The number of piperidine rings is 1. The summed E-state index contributed by atoms with van der Waals surface area (Å²) in [5.74, 6) is 0.0686. The average molecular weight is 383 g/mol. The molecule has 2 aromatic rings. The molecule has 0 aliphatic carbocycles. The molecule has 3 aliphatic rings.